The van der Waals surface area contributed by atoms with Crippen molar-refractivity contribution in [3.05, 3.63) is 35.9 Å². The zero-order chi connectivity index (χ0) is 13.7. The first-order valence-corrected chi connectivity index (χ1v) is 6.37. The van der Waals surface area contributed by atoms with E-state index in [1.807, 2.05) is 30.3 Å². The molecule has 0 aliphatic carbocycles. The number of aliphatic hydroxyl groups excluding tert-OH is 1. The Kier molecular flexibility index (Phi) is 4.76. The van der Waals surface area contributed by atoms with Gasteiger partial charge in [-0.05, 0) is 12.0 Å². The van der Waals surface area contributed by atoms with Crippen LogP contribution in [-0.2, 0) is 16.1 Å². The molecule has 5 nitrogen and oxygen atoms in total. The van der Waals surface area contributed by atoms with E-state index in [4.69, 9.17) is 9.47 Å². The van der Waals surface area contributed by atoms with Crippen LogP contribution >= 0.6 is 0 Å². The van der Waals surface area contributed by atoms with Crippen molar-refractivity contribution in [1.82, 2.24) is 4.90 Å². The van der Waals surface area contributed by atoms with Crippen molar-refractivity contribution in [3.8, 4) is 0 Å². The van der Waals surface area contributed by atoms with Gasteiger partial charge < -0.3 is 19.5 Å². The highest BCUT2D eigenvalue weighted by Gasteiger charge is 2.37. The quantitative estimate of drug-likeness (QED) is 0.894. The first kappa shape index (κ1) is 13.8. The largest absolute Gasteiger partial charge is 0.445 e. The molecule has 104 valence electrons. The van der Waals surface area contributed by atoms with Crippen molar-refractivity contribution in [2.24, 2.45) is 0 Å². The lowest BCUT2D eigenvalue weighted by Crippen LogP contribution is -2.42. The number of rotatable bonds is 4. The van der Waals surface area contributed by atoms with Crippen LogP contribution in [0.2, 0.25) is 0 Å². The molecule has 1 aliphatic rings. The smallest absolute Gasteiger partial charge is 0.410 e. The van der Waals surface area contributed by atoms with Gasteiger partial charge in [-0.3, -0.25) is 0 Å². The van der Waals surface area contributed by atoms with Gasteiger partial charge in [0, 0.05) is 13.7 Å². The van der Waals surface area contributed by atoms with E-state index in [0.717, 1.165) is 12.0 Å². The zero-order valence-corrected chi connectivity index (χ0v) is 11.0. The number of nitrogens with zero attached hydrogens (tertiary/aromatic N) is 1. The molecule has 0 saturated carbocycles. The molecule has 0 unspecified atom stereocenters. The van der Waals surface area contributed by atoms with E-state index < -0.39 is 6.09 Å². The number of likely N-dealkylation sites (tertiary alicyclic amines) is 1. The number of methoxy groups -OCH3 is 1. The SMILES string of the molecule is CO[C@@H]1CCN(C(=O)OCc2ccccc2)[C@H]1CO. The van der Waals surface area contributed by atoms with Gasteiger partial charge in [0.05, 0.1) is 18.8 Å². The van der Waals surface area contributed by atoms with Crippen LogP contribution in [0.1, 0.15) is 12.0 Å². The Morgan fingerprint density at radius 1 is 1.42 bits per heavy atom. The van der Waals surface area contributed by atoms with E-state index in [9.17, 15) is 9.90 Å². The second kappa shape index (κ2) is 6.54. The van der Waals surface area contributed by atoms with Crippen molar-refractivity contribution in [2.45, 2.75) is 25.2 Å². The summed E-state index contributed by atoms with van der Waals surface area (Å²) in [5.74, 6) is 0. The third kappa shape index (κ3) is 3.24. The van der Waals surface area contributed by atoms with E-state index >= 15 is 0 Å². The second-order valence-corrected chi connectivity index (χ2v) is 4.55. The van der Waals surface area contributed by atoms with Crippen molar-refractivity contribution in [3.63, 3.8) is 0 Å². The molecule has 2 atom stereocenters. The van der Waals surface area contributed by atoms with Gasteiger partial charge in [-0.25, -0.2) is 4.79 Å². The number of hydrogen-bond acceptors (Lipinski definition) is 4. The Bertz CT molecular complexity index is 409. The van der Waals surface area contributed by atoms with Crippen LogP contribution in [0.3, 0.4) is 0 Å². The van der Waals surface area contributed by atoms with Crippen LogP contribution in [0.15, 0.2) is 30.3 Å². The summed E-state index contributed by atoms with van der Waals surface area (Å²) in [6.07, 6.45) is 0.207. The van der Waals surface area contributed by atoms with E-state index in [1.54, 1.807) is 7.11 Å². The van der Waals surface area contributed by atoms with Gasteiger partial charge in [0.2, 0.25) is 0 Å². The second-order valence-electron chi connectivity index (χ2n) is 4.55. The maximum Gasteiger partial charge on any atom is 0.410 e. The number of amides is 1. The molecule has 0 spiro atoms. The summed E-state index contributed by atoms with van der Waals surface area (Å²) in [6.45, 7) is 0.683. The lowest BCUT2D eigenvalue weighted by Gasteiger charge is -2.25. The minimum atomic E-state index is -0.401. The summed E-state index contributed by atoms with van der Waals surface area (Å²) in [4.78, 5) is 13.5. The first-order valence-electron chi connectivity index (χ1n) is 6.37. The van der Waals surface area contributed by atoms with Gasteiger partial charge in [0.25, 0.3) is 0 Å². The summed E-state index contributed by atoms with van der Waals surface area (Å²) in [7, 11) is 1.59. The molecule has 2 rings (SSSR count). The lowest BCUT2D eigenvalue weighted by atomic mass is 10.2. The van der Waals surface area contributed by atoms with Crippen LogP contribution in [0.25, 0.3) is 0 Å². The number of carbonyl (C=O) groups excluding carboxylic acids is 1. The molecule has 0 bridgehead atoms. The summed E-state index contributed by atoms with van der Waals surface area (Å²) < 4.78 is 10.5. The molecule has 0 aromatic heterocycles. The van der Waals surface area contributed by atoms with E-state index in [-0.39, 0.29) is 25.4 Å². The molecule has 1 amide bonds. The lowest BCUT2D eigenvalue weighted by molar-refractivity contribution is 0.0285. The Labute approximate surface area is 112 Å². The molecule has 1 aromatic rings. The summed E-state index contributed by atoms with van der Waals surface area (Å²) >= 11 is 0. The van der Waals surface area contributed by atoms with Crippen LogP contribution in [0, 0.1) is 0 Å². The zero-order valence-electron chi connectivity index (χ0n) is 11.0. The summed E-state index contributed by atoms with van der Waals surface area (Å²) in [6, 6.07) is 9.20. The molecule has 1 fully saturated rings. The van der Waals surface area contributed by atoms with Crippen molar-refractivity contribution < 1.29 is 19.4 Å². The van der Waals surface area contributed by atoms with Gasteiger partial charge in [0.1, 0.15) is 6.61 Å². The predicted molar refractivity (Wildman–Crippen MR) is 69.6 cm³/mol. The minimum Gasteiger partial charge on any atom is -0.445 e. The van der Waals surface area contributed by atoms with Gasteiger partial charge in [-0.2, -0.15) is 0 Å². The molecular weight excluding hydrogens is 246 g/mol. The summed E-state index contributed by atoms with van der Waals surface area (Å²) in [5.41, 5.74) is 0.943. The topological polar surface area (TPSA) is 59.0 Å². The summed E-state index contributed by atoms with van der Waals surface area (Å²) in [5, 5.41) is 9.34. The standard InChI is InChI=1S/C14H19NO4/c1-18-13-7-8-15(12(13)9-16)14(17)19-10-11-5-3-2-4-6-11/h2-6,12-13,16H,7-10H2,1H3/t12-,13+/m0/s1. The molecule has 1 aromatic carbocycles. The van der Waals surface area contributed by atoms with Crippen LogP contribution in [0.4, 0.5) is 4.79 Å². The highest BCUT2D eigenvalue weighted by molar-refractivity contribution is 5.68. The molecule has 1 heterocycles. The molecule has 1 N–H and O–H groups in total. The van der Waals surface area contributed by atoms with Gasteiger partial charge in [-0.1, -0.05) is 30.3 Å². The average molecular weight is 265 g/mol. The Morgan fingerprint density at radius 2 is 2.16 bits per heavy atom. The molecule has 19 heavy (non-hydrogen) atoms. The predicted octanol–water partition coefficient (Wildman–Crippen LogP) is 1.40. The number of aliphatic hydroxyl groups is 1. The Balaban J connectivity index is 1.89. The molecule has 5 heteroatoms. The van der Waals surface area contributed by atoms with Crippen molar-refractivity contribution >= 4 is 6.09 Å². The van der Waals surface area contributed by atoms with E-state index in [1.165, 1.54) is 4.90 Å². The third-order valence-corrected chi connectivity index (χ3v) is 3.41. The van der Waals surface area contributed by atoms with Crippen LogP contribution in [-0.4, -0.2) is 48.5 Å². The maximum absolute atomic E-state index is 12.0. The monoisotopic (exact) mass is 265 g/mol. The fraction of sp³-hybridized carbons (Fsp3) is 0.500. The molecule has 1 aliphatic heterocycles. The fourth-order valence-corrected chi connectivity index (χ4v) is 2.35. The normalized spacial score (nSPS) is 22.5. The maximum atomic E-state index is 12.0. The number of benzene rings is 1. The molecular formula is C14H19NO4. The minimum absolute atomic E-state index is 0.112. The van der Waals surface area contributed by atoms with Gasteiger partial charge >= 0.3 is 6.09 Å². The van der Waals surface area contributed by atoms with E-state index in [0.29, 0.717) is 6.54 Å². The van der Waals surface area contributed by atoms with Crippen LogP contribution < -0.4 is 0 Å². The van der Waals surface area contributed by atoms with Crippen molar-refractivity contribution in [1.29, 1.82) is 0 Å². The molecule has 0 radical (unpaired) electrons. The average Bonchev–Trinajstić information content (AvgIpc) is 2.88. The Morgan fingerprint density at radius 3 is 2.79 bits per heavy atom. The first-order chi connectivity index (χ1) is 9.26. The number of carbonyl (C=O) groups is 1. The fourth-order valence-electron chi connectivity index (χ4n) is 2.35. The third-order valence-electron chi connectivity index (χ3n) is 3.41. The van der Waals surface area contributed by atoms with Gasteiger partial charge in [-0.15, -0.1) is 0 Å². The van der Waals surface area contributed by atoms with E-state index in [2.05, 4.69) is 0 Å². The number of hydrogen-bond donors (Lipinski definition) is 1. The van der Waals surface area contributed by atoms with Crippen molar-refractivity contribution in [2.75, 3.05) is 20.3 Å². The Hall–Kier alpha value is -1.59. The van der Waals surface area contributed by atoms with Crippen LogP contribution in [0.5, 0.6) is 0 Å². The number of ether oxygens (including phenoxy) is 2. The highest BCUT2D eigenvalue weighted by atomic mass is 16.6. The van der Waals surface area contributed by atoms with Gasteiger partial charge in [0.15, 0.2) is 0 Å². The molecule has 1 saturated heterocycles. The highest BCUT2D eigenvalue weighted by Crippen LogP contribution is 2.21.